The van der Waals surface area contributed by atoms with Crippen LogP contribution in [0.15, 0.2) is 18.3 Å². The van der Waals surface area contributed by atoms with Crippen molar-refractivity contribution in [1.82, 2.24) is 9.38 Å². The summed E-state index contributed by atoms with van der Waals surface area (Å²) in [6.45, 7) is 1.86. The van der Waals surface area contributed by atoms with E-state index in [4.69, 9.17) is 17.3 Å². The van der Waals surface area contributed by atoms with Gasteiger partial charge in [-0.3, -0.25) is 9.20 Å². The van der Waals surface area contributed by atoms with E-state index in [-0.39, 0.29) is 18.0 Å². The summed E-state index contributed by atoms with van der Waals surface area (Å²) in [6, 6.07) is 3.73. The van der Waals surface area contributed by atoms with Gasteiger partial charge in [-0.15, -0.1) is 0 Å². The fraction of sp³-hybridized carbons (Fsp3) is 0.200. The monoisotopic (exact) mass is 223 g/mol. The molecule has 15 heavy (non-hydrogen) atoms. The molecule has 5 heteroatoms. The van der Waals surface area contributed by atoms with E-state index in [9.17, 15) is 4.79 Å². The first-order chi connectivity index (χ1) is 7.13. The number of ketones is 1. The Morgan fingerprint density at radius 1 is 1.60 bits per heavy atom. The van der Waals surface area contributed by atoms with Gasteiger partial charge in [0.2, 0.25) is 0 Å². The second-order valence-corrected chi connectivity index (χ2v) is 3.67. The first-order valence-corrected chi connectivity index (χ1v) is 4.88. The van der Waals surface area contributed by atoms with Gasteiger partial charge in [-0.05, 0) is 18.6 Å². The van der Waals surface area contributed by atoms with Gasteiger partial charge in [-0.1, -0.05) is 17.7 Å². The van der Waals surface area contributed by atoms with Gasteiger partial charge in [0.25, 0.3) is 0 Å². The highest BCUT2D eigenvalue weighted by molar-refractivity contribution is 6.33. The molecule has 0 unspecified atom stereocenters. The van der Waals surface area contributed by atoms with Gasteiger partial charge in [0.1, 0.15) is 16.5 Å². The van der Waals surface area contributed by atoms with Crippen LogP contribution in [-0.2, 0) is 0 Å². The molecule has 0 radical (unpaired) electrons. The molecule has 0 amide bonds. The van der Waals surface area contributed by atoms with E-state index in [2.05, 4.69) is 4.98 Å². The van der Waals surface area contributed by atoms with Crippen LogP contribution in [-0.4, -0.2) is 21.7 Å². The predicted molar refractivity (Wildman–Crippen MR) is 58.3 cm³/mol. The molecule has 0 saturated heterocycles. The molecule has 2 aromatic rings. The lowest BCUT2D eigenvalue weighted by Gasteiger charge is -1.96. The Bertz CT molecular complexity index is 533. The van der Waals surface area contributed by atoms with Crippen LogP contribution in [0.5, 0.6) is 0 Å². The van der Waals surface area contributed by atoms with Crippen LogP contribution in [0.3, 0.4) is 0 Å². The summed E-state index contributed by atoms with van der Waals surface area (Å²) in [4.78, 5) is 15.5. The third kappa shape index (κ3) is 1.62. The van der Waals surface area contributed by atoms with E-state index in [1.165, 1.54) is 0 Å². The zero-order valence-corrected chi connectivity index (χ0v) is 8.95. The lowest BCUT2D eigenvalue weighted by molar-refractivity contribution is 0.0997. The van der Waals surface area contributed by atoms with Crippen molar-refractivity contribution in [2.45, 2.75) is 6.92 Å². The number of hydrogen-bond donors (Lipinski definition) is 1. The van der Waals surface area contributed by atoms with Crippen molar-refractivity contribution in [1.29, 1.82) is 0 Å². The molecule has 2 heterocycles. The van der Waals surface area contributed by atoms with Gasteiger partial charge in [0, 0.05) is 6.20 Å². The number of aryl methyl sites for hydroxylation is 1. The van der Waals surface area contributed by atoms with Crippen LogP contribution in [0.25, 0.3) is 5.65 Å². The number of hydrogen-bond acceptors (Lipinski definition) is 3. The molecular weight excluding hydrogens is 214 g/mol. The summed E-state index contributed by atoms with van der Waals surface area (Å²) in [6.07, 6.45) is 1.83. The molecule has 0 spiro atoms. The van der Waals surface area contributed by atoms with Crippen LogP contribution < -0.4 is 5.73 Å². The number of aromatic nitrogens is 2. The number of pyridine rings is 1. The normalized spacial score (nSPS) is 10.9. The highest BCUT2D eigenvalue weighted by Gasteiger charge is 2.15. The van der Waals surface area contributed by atoms with E-state index in [0.29, 0.717) is 10.8 Å². The minimum Gasteiger partial charge on any atom is -0.324 e. The average Bonchev–Trinajstić information content (AvgIpc) is 2.55. The number of rotatable bonds is 2. The number of Topliss-reactive ketones (excluding diaryl/α,β-unsaturated/α-hetero) is 1. The standard InChI is InChI=1S/C10H10ClN3O/c1-6-2-3-8-13-9(7(15)4-12)10(11)14(8)5-6/h2-3,5H,4,12H2,1H3. The highest BCUT2D eigenvalue weighted by Crippen LogP contribution is 2.19. The molecule has 0 bridgehead atoms. The topological polar surface area (TPSA) is 60.4 Å². The van der Waals surface area contributed by atoms with E-state index < -0.39 is 0 Å². The molecule has 2 N–H and O–H groups in total. The summed E-state index contributed by atoms with van der Waals surface area (Å²) in [5, 5.41) is 0.323. The molecule has 0 fully saturated rings. The largest absolute Gasteiger partial charge is 0.324 e. The molecule has 0 atom stereocenters. The molecule has 0 saturated carbocycles. The third-order valence-electron chi connectivity index (χ3n) is 2.16. The first kappa shape index (κ1) is 10.1. The summed E-state index contributed by atoms with van der Waals surface area (Å²) in [5.41, 5.74) is 7.21. The Kier molecular flexibility index (Phi) is 2.46. The molecule has 0 aliphatic heterocycles. The molecule has 78 valence electrons. The van der Waals surface area contributed by atoms with E-state index in [1.54, 1.807) is 4.40 Å². The lowest BCUT2D eigenvalue weighted by atomic mass is 10.3. The van der Waals surface area contributed by atoms with Crippen molar-refractivity contribution in [3.63, 3.8) is 0 Å². The van der Waals surface area contributed by atoms with Gasteiger partial charge in [0.05, 0.1) is 6.54 Å². The fourth-order valence-electron chi connectivity index (χ4n) is 1.40. The smallest absolute Gasteiger partial charge is 0.197 e. The Labute approximate surface area is 91.7 Å². The maximum atomic E-state index is 11.4. The zero-order valence-electron chi connectivity index (χ0n) is 8.20. The summed E-state index contributed by atoms with van der Waals surface area (Å²) < 4.78 is 1.68. The van der Waals surface area contributed by atoms with Crippen LogP contribution in [0.4, 0.5) is 0 Å². The second-order valence-electron chi connectivity index (χ2n) is 3.31. The second kappa shape index (κ2) is 3.64. The van der Waals surface area contributed by atoms with Crippen LogP contribution >= 0.6 is 11.6 Å². The molecular formula is C10H10ClN3O. The van der Waals surface area contributed by atoms with Crippen LogP contribution in [0, 0.1) is 6.92 Å². The molecule has 2 rings (SSSR count). The average molecular weight is 224 g/mol. The Hall–Kier alpha value is -1.39. The van der Waals surface area contributed by atoms with Crippen molar-refractivity contribution in [3.8, 4) is 0 Å². The van der Waals surface area contributed by atoms with Crippen molar-refractivity contribution in [2.24, 2.45) is 5.73 Å². The summed E-state index contributed by atoms with van der Waals surface area (Å²) in [7, 11) is 0. The van der Waals surface area contributed by atoms with Gasteiger partial charge in [-0.25, -0.2) is 4.98 Å². The van der Waals surface area contributed by atoms with Crippen LogP contribution in [0.1, 0.15) is 16.1 Å². The number of halogens is 1. The number of nitrogens with zero attached hydrogens (tertiary/aromatic N) is 2. The van der Waals surface area contributed by atoms with E-state index in [1.807, 2.05) is 25.3 Å². The minimum absolute atomic E-state index is 0.0808. The number of imidazole rings is 1. The molecule has 2 aromatic heterocycles. The molecule has 0 aromatic carbocycles. The zero-order chi connectivity index (χ0) is 11.0. The van der Waals surface area contributed by atoms with Crippen molar-refractivity contribution >= 4 is 23.0 Å². The number of carbonyl (C=O) groups excluding carboxylic acids is 1. The summed E-state index contributed by atoms with van der Waals surface area (Å²) in [5.74, 6) is -0.249. The Balaban J connectivity index is 2.69. The quantitative estimate of drug-likeness (QED) is 0.784. The molecule has 0 aliphatic rings. The van der Waals surface area contributed by atoms with Crippen molar-refractivity contribution in [2.75, 3.05) is 6.54 Å². The van der Waals surface area contributed by atoms with Crippen molar-refractivity contribution in [3.05, 3.63) is 34.7 Å². The molecule has 0 aliphatic carbocycles. The van der Waals surface area contributed by atoms with Gasteiger partial charge < -0.3 is 5.73 Å². The lowest BCUT2D eigenvalue weighted by Crippen LogP contribution is -2.14. The first-order valence-electron chi connectivity index (χ1n) is 4.51. The Morgan fingerprint density at radius 2 is 2.33 bits per heavy atom. The minimum atomic E-state index is -0.249. The highest BCUT2D eigenvalue weighted by atomic mass is 35.5. The summed E-state index contributed by atoms with van der Waals surface area (Å²) >= 11 is 6.03. The SMILES string of the molecule is Cc1ccc2nc(C(=O)CN)c(Cl)n2c1. The number of carbonyl (C=O) groups is 1. The van der Waals surface area contributed by atoms with Gasteiger partial charge in [0.15, 0.2) is 5.78 Å². The fourth-order valence-corrected chi connectivity index (χ4v) is 1.68. The molecule has 4 nitrogen and oxygen atoms in total. The van der Waals surface area contributed by atoms with Crippen LogP contribution in [0.2, 0.25) is 5.15 Å². The van der Waals surface area contributed by atoms with E-state index >= 15 is 0 Å². The van der Waals surface area contributed by atoms with E-state index in [0.717, 1.165) is 5.56 Å². The maximum absolute atomic E-state index is 11.4. The number of fused-ring (bicyclic) bond motifs is 1. The third-order valence-corrected chi connectivity index (χ3v) is 2.52. The number of nitrogens with two attached hydrogens (primary N) is 1. The van der Waals surface area contributed by atoms with Gasteiger partial charge in [-0.2, -0.15) is 0 Å². The maximum Gasteiger partial charge on any atom is 0.197 e. The Morgan fingerprint density at radius 3 is 3.00 bits per heavy atom. The van der Waals surface area contributed by atoms with Gasteiger partial charge >= 0.3 is 0 Å². The van der Waals surface area contributed by atoms with Crippen molar-refractivity contribution < 1.29 is 4.79 Å². The predicted octanol–water partition coefficient (Wildman–Crippen LogP) is 1.44.